The Morgan fingerprint density at radius 3 is 2.61 bits per heavy atom. The molecule has 0 radical (unpaired) electrons. The Bertz CT molecular complexity index is 310. The van der Waals surface area contributed by atoms with E-state index in [4.69, 9.17) is 15.7 Å². The minimum atomic E-state index is -0.310. The van der Waals surface area contributed by atoms with Crippen molar-refractivity contribution in [2.24, 2.45) is 16.3 Å². The van der Waals surface area contributed by atoms with Crippen LogP contribution in [-0.2, 0) is 9.53 Å². The largest absolute Gasteiger partial charge is 0.409 e. The van der Waals surface area contributed by atoms with Crippen LogP contribution in [0.1, 0.15) is 33.1 Å². The van der Waals surface area contributed by atoms with Crippen molar-refractivity contribution in [2.45, 2.75) is 33.1 Å². The predicted molar refractivity (Wildman–Crippen MR) is 68.4 cm³/mol. The van der Waals surface area contributed by atoms with Crippen LogP contribution in [0.15, 0.2) is 5.16 Å². The van der Waals surface area contributed by atoms with E-state index in [1.165, 1.54) is 0 Å². The van der Waals surface area contributed by atoms with E-state index in [-0.39, 0.29) is 23.8 Å². The lowest BCUT2D eigenvalue weighted by Crippen LogP contribution is -2.48. The van der Waals surface area contributed by atoms with Gasteiger partial charge in [-0.2, -0.15) is 0 Å². The monoisotopic (exact) mass is 257 g/mol. The maximum absolute atomic E-state index is 11.8. The van der Waals surface area contributed by atoms with Gasteiger partial charge in [-0.05, 0) is 19.3 Å². The van der Waals surface area contributed by atoms with Crippen LogP contribution >= 0.6 is 0 Å². The highest BCUT2D eigenvalue weighted by atomic mass is 16.5. The van der Waals surface area contributed by atoms with E-state index < -0.39 is 0 Å². The van der Waals surface area contributed by atoms with Crippen LogP contribution in [0.4, 0.5) is 0 Å². The number of amidine groups is 1. The Morgan fingerprint density at radius 2 is 2.11 bits per heavy atom. The van der Waals surface area contributed by atoms with Gasteiger partial charge >= 0.3 is 0 Å². The lowest BCUT2D eigenvalue weighted by Gasteiger charge is -2.38. The van der Waals surface area contributed by atoms with E-state index in [9.17, 15) is 4.79 Å². The van der Waals surface area contributed by atoms with Crippen LogP contribution in [0.25, 0.3) is 0 Å². The lowest BCUT2D eigenvalue weighted by molar-refractivity contribution is -0.137. The molecule has 0 bridgehead atoms. The van der Waals surface area contributed by atoms with Gasteiger partial charge in [0.15, 0.2) is 0 Å². The van der Waals surface area contributed by atoms with Crippen LogP contribution in [0.3, 0.4) is 0 Å². The molecule has 0 aliphatic carbocycles. The Hall–Kier alpha value is -1.30. The van der Waals surface area contributed by atoms with Gasteiger partial charge in [0.25, 0.3) is 0 Å². The predicted octanol–water partition coefficient (Wildman–Crippen LogP) is 0.788. The van der Waals surface area contributed by atoms with Crippen molar-refractivity contribution in [2.75, 3.05) is 26.3 Å². The fourth-order valence-corrected chi connectivity index (χ4v) is 2.02. The highest BCUT2D eigenvalue weighted by molar-refractivity contribution is 5.86. The summed E-state index contributed by atoms with van der Waals surface area (Å²) in [6.45, 7) is 5.98. The SMILES string of the molecule is CCCOCC(=O)N1CCC(C)(C(N)=NO)CC1. The van der Waals surface area contributed by atoms with Crippen LogP contribution < -0.4 is 5.73 Å². The van der Waals surface area contributed by atoms with Crippen LogP contribution in [0, 0.1) is 5.41 Å². The molecule has 1 saturated heterocycles. The zero-order valence-electron chi connectivity index (χ0n) is 11.2. The Balaban J connectivity index is 2.41. The number of carbonyl (C=O) groups excluding carboxylic acids is 1. The summed E-state index contributed by atoms with van der Waals surface area (Å²) in [5.74, 6) is 0.266. The molecule has 18 heavy (non-hydrogen) atoms. The zero-order valence-corrected chi connectivity index (χ0v) is 11.2. The minimum absolute atomic E-state index is 0.0185. The smallest absolute Gasteiger partial charge is 0.248 e. The van der Waals surface area contributed by atoms with E-state index in [0.717, 1.165) is 6.42 Å². The number of ether oxygens (including phenoxy) is 1. The van der Waals surface area contributed by atoms with Crippen molar-refractivity contribution in [3.05, 3.63) is 0 Å². The first-order valence-corrected chi connectivity index (χ1v) is 6.37. The van der Waals surface area contributed by atoms with Crippen LogP contribution in [0.2, 0.25) is 0 Å². The zero-order chi connectivity index (χ0) is 13.6. The number of carbonyl (C=O) groups is 1. The molecule has 1 aliphatic rings. The van der Waals surface area contributed by atoms with E-state index in [1.807, 2.05) is 13.8 Å². The molecular weight excluding hydrogens is 234 g/mol. The van der Waals surface area contributed by atoms with E-state index in [0.29, 0.717) is 32.5 Å². The molecular formula is C12H23N3O3. The molecule has 1 heterocycles. The van der Waals surface area contributed by atoms with Gasteiger partial charge in [0.1, 0.15) is 12.4 Å². The van der Waals surface area contributed by atoms with Gasteiger partial charge in [-0.15, -0.1) is 0 Å². The summed E-state index contributed by atoms with van der Waals surface area (Å²) in [6, 6.07) is 0. The summed E-state index contributed by atoms with van der Waals surface area (Å²) in [5.41, 5.74) is 5.36. The molecule has 0 spiro atoms. The average Bonchev–Trinajstić information content (AvgIpc) is 2.38. The van der Waals surface area contributed by atoms with E-state index in [1.54, 1.807) is 4.90 Å². The fraction of sp³-hybridized carbons (Fsp3) is 0.833. The van der Waals surface area contributed by atoms with Gasteiger partial charge in [-0.1, -0.05) is 19.0 Å². The van der Waals surface area contributed by atoms with Gasteiger partial charge in [-0.3, -0.25) is 4.79 Å². The number of oxime groups is 1. The molecule has 0 aromatic heterocycles. The second-order valence-electron chi connectivity index (χ2n) is 4.98. The summed E-state index contributed by atoms with van der Waals surface area (Å²) in [7, 11) is 0. The van der Waals surface area contributed by atoms with Crippen molar-refractivity contribution in [1.29, 1.82) is 0 Å². The van der Waals surface area contributed by atoms with E-state index >= 15 is 0 Å². The second kappa shape index (κ2) is 6.58. The number of rotatable bonds is 5. The molecule has 0 aromatic carbocycles. The van der Waals surface area contributed by atoms with Crippen molar-refractivity contribution >= 4 is 11.7 Å². The summed E-state index contributed by atoms with van der Waals surface area (Å²) in [4.78, 5) is 13.6. The third-order valence-corrected chi connectivity index (χ3v) is 3.52. The first-order valence-electron chi connectivity index (χ1n) is 6.37. The molecule has 3 N–H and O–H groups in total. The molecule has 0 aromatic rings. The second-order valence-corrected chi connectivity index (χ2v) is 4.98. The number of likely N-dealkylation sites (tertiary alicyclic amines) is 1. The highest BCUT2D eigenvalue weighted by Crippen LogP contribution is 2.30. The van der Waals surface area contributed by atoms with Gasteiger partial charge in [-0.25, -0.2) is 0 Å². The number of hydrogen-bond donors (Lipinski definition) is 2. The first-order chi connectivity index (χ1) is 8.53. The van der Waals surface area contributed by atoms with Gasteiger partial charge < -0.3 is 20.6 Å². The van der Waals surface area contributed by atoms with Crippen LogP contribution in [-0.4, -0.2) is 48.2 Å². The average molecular weight is 257 g/mol. The molecule has 1 amide bonds. The Kier molecular flexibility index (Phi) is 5.40. The van der Waals surface area contributed by atoms with Gasteiger partial charge in [0.05, 0.1) is 0 Å². The molecule has 0 unspecified atom stereocenters. The number of piperidine rings is 1. The third kappa shape index (κ3) is 3.60. The minimum Gasteiger partial charge on any atom is -0.409 e. The van der Waals surface area contributed by atoms with Crippen molar-refractivity contribution < 1.29 is 14.7 Å². The molecule has 6 nitrogen and oxygen atoms in total. The van der Waals surface area contributed by atoms with Crippen molar-refractivity contribution in [3.8, 4) is 0 Å². The summed E-state index contributed by atoms with van der Waals surface area (Å²) in [6.07, 6.45) is 2.33. The molecule has 0 atom stereocenters. The maximum atomic E-state index is 11.8. The summed E-state index contributed by atoms with van der Waals surface area (Å²) >= 11 is 0. The van der Waals surface area contributed by atoms with Crippen LogP contribution in [0.5, 0.6) is 0 Å². The Morgan fingerprint density at radius 1 is 1.50 bits per heavy atom. The standard InChI is InChI=1S/C12H23N3O3/c1-3-8-18-9-10(16)15-6-4-12(2,5-7-15)11(13)14-17/h17H,3-9H2,1-2H3,(H2,13,14). The number of nitrogens with two attached hydrogens (primary N) is 1. The fourth-order valence-electron chi connectivity index (χ4n) is 2.02. The molecule has 0 saturated carbocycles. The lowest BCUT2D eigenvalue weighted by atomic mass is 9.79. The van der Waals surface area contributed by atoms with Gasteiger partial charge in [0, 0.05) is 25.1 Å². The maximum Gasteiger partial charge on any atom is 0.248 e. The van der Waals surface area contributed by atoms with Crippen molar-refractivity contribution in [1.82, 2.24) is 4.90 Å². The van der Waals surface area contributed by atoms with E-state index in [2.05, 4.69) is 5.16 Å². The number of amides is 1. The molecule has 104 valence electrons. The quantitative estimate of drug-likeness (QED) is 0.250. The molecule has 1 aliphatic heterocycles. The Labute approximate surface area is 108 Å². The number of hydrogen-bond acceptors (Lipinski definition) is 4. The van der Waals surface area contributed by atoms with Crippen molar-refractivity contribution in [3.63, 3.8) is 0 Å². The molecule has 1 rings (SSSR count). The molecule has 6 heteroatoms. The van der Waals surface area contributed by atoms with Gasteiger partial charge in [0.2, 0.25) is 5.91 Å². The number of nitrogens with zero attached hydrogens (tertiary/aromatic N) is 2. The normalized spacial score (nSPS) is 19.9. The molecule has 1 fully saturated rings. The summed E-state index contributed by atoms with van der Waals surface area (Å²) in [5, 5.41) is 11.8. The summed E-state index contributed by atoms with van der Waals surface area (Å²) < 4.78 is 5.24. The topological polar surface area (TPSA) is 88.2 Å². The third-order valence-electron chi connectivity index (χ3n) is 3.52. The highest BCUT2D eigenvalue weighted by Gasteiger charge is 2.35. The first kappa shape index (κ1) is 14.8.